The normalized spacial score (nSPS) is 12.4. The topological polar surface area (TPSA) is 309 Å². The Morgan fingerprint density at radius 2 is 0.638 bits per heavy atom. The van der Waals surface area contributed by atoms with Crippen LogP contribution in [0.4, 0.5) is 0 Å². The van der Waals surface area contributed by atoms with E-state index in [9.17, 15) is 38.4 Å². The molecule has 2 aliphatic carbocycles. The van der Waals surface area contributed by atoms with Crippen LogP contribution in [-0.4, -0.2) is 149 Å². The molecule has 0 spiro atoms. The Bertz CT molecular complexity index is 2180. The molecule has 0 unspecified atom stereocenters. The zero-order chi connectivity index (χ0) is 79.2. The lowest BCUT2D eigenvalue weighted by Gasteiger charge is -2.26. The summed E-state index contributed by atoms with van der Waals surface area (Å²) < 4.78 is 24.7. The van der Waals surface area contributed by atoms with Gasteiger partial charge in [-0.15, -0.1) is 23.2 Å². The van der Waals surface area contributed by atoms with Gasteiger partial charge < -0.3 is 49.2 Å². The molecule has 0 aromatic carbocycles. The second-order valence-corrected chi connectivity index (χ2v) is 28.4. The van der Waals surface area contributed by atoms with Crippen molar-refractivity contribution in [2.24, 2.45) is 26.2 Å². The number of aliphatic hydroxyl groups excluding tert-OH is 3. The first-order valence-corrected chi connectivity index (χ1v) is 40.0. The Morgan fingerprint density at radius 3 is 0.848 bits per heavy atom. The standard InChI is InChI=1S/C30H52O6.C18H38O.C13H22N2.C11H14O6.C5H10O4.C3H3ClO.CH2Cl2.CH4/c1-5-8-9-10-11-12-13-14-15-16-17-18-19-20-21-22-23-24-34-29(33)30(4,25-35-27(31)6-2)26-36-28(32)7-3;1-2-3-4-5-6-7-8-9-10-11-12-13-14-15-16-17-18-19;1-3-7-12(8-4-1)14-11-15-13-9-5-2-6-10-13;1-4-8(12)16-6-11(3,10(14)15)7-17-9(13)5-2;1-5(2-6,3-7)4(8)9;1-2-3(4)5;2-1-3;/h6-7H,2-3,5,8-26H2,1,4H3;19H,2-18H2,1H3;12-13H,1-10H2;4-5H,1-2,6-7H2,3H3,(H,14,15);6-7H,2-3H2,1H3,(H,8,9);2H,1H2;1H2;1H4. The molecule has 612 valence electrons. The van der Waals surface area contributed by atoms with Gasteiger partial charge >= 0.3 is 41.8 Å². The van der Waals surface area contributed by atoms with Crippen molar-refractivity contribution in [1.29, 1.82) is 0 Å². The Morgan fingerprint density at radius 1 is 0.400 bits per heavy atom. The molecule has 105 heavy (non-hydrogen) atoms. The van der Waals surface area contributed by atoms with Crippen molar-refractivity contribution in [1.82, 2.24) is 0 Å². The van der Waals surface area contributed by atoms with Gasteiger partial charge in [0.2, 0.25) is 5.24 Å². The molecule has 2 rings (SSSR count). The van der Waals surface area contributed by atoms with Crippen molar-refractivity contribution in [3.8, 4) is 0 Å². The smallest absolute Gasteiger partial charge is 0.330 e. The molecule has 0 atom stereocenters. The number of carbonyl (C=O) groups is 8. The van der Waals surface area contributed by atoms with Crippen LogP contribution in [0.25, 0.3) is 0 Å². The van der Waals surface area contributed by atoms with Crippen LogP contribution in [0.5, 0.6) is 0 Å². The molecule has 0 saturated heterocycles. The fourth-order valence-electron chi connectivity index (χ4n) is 10.1. The van der Waals surface area contributed by atoms with E-state index in [1.807, 2.05) is 0 Å². The number of unbranched alkanes of at least 4 members (excludes halogenated alkanes) is 31. The highest BCUT2D eigenvalue weighted by Gasteiger charge is 2.39. The monoisotopic (exact) mass is 1550 g/mol. The average molecular weight is 1550 g/mol. The Hall–Kier alpha value is -5.21. The first-order valence-electron chi connectivity index (χ1n) is 38.6. The van der Waals surface area contributed by atoms with Crippen LogP contribution >= 0.6 is 34.8 Å². The van der Waals surface area contributed by atoms with Gasteiger partial charge in [-0.1, -0.05) is 292 Å². The number of rotatable bonds is 54. The Balaban J connectivity index is -0.000000302. The minimum absolute atomic E-state index is 0. The fraction of sp³-hybridized carbons (Fsp3) is 0.768. The third-order valence-corrected chi connectivity index (χ3v) is 17.5. The second kappa shape index (κ2) is 81.3. The molecule has 2 saturated carbocycles. The van der Waals surface area contributed by atoms with Gasteiger partial charge in [0, 0.05) is 30.9 Å². The Labute approximate surface area is 649 Å². The van der Waals surface area contributed by atoms with Crippen molar-refractivity contribution in [2.75, 3.05) is 58.2 Å². The maximum atomic E-state index is 12.6. The van der Waals surface area contributed by atoms with Crippen LogP contribution in [-0.2, 0) is 62.0 Å². The molecular weight excluding hydrogens is 1410 g/mol. The number of nitrogens with zero attached hydrogens (tertiary/aromatic N) is 2. The predicted molar refractivity (Wildman–Crippen MR) is 428 cm³/mol. The summed E-state index contributed by atoms with van der Waals surface area (Å²) in [6.45, 7) is 23.0. The number of aliphatic hydroxyl groups is 3. The average Bonchev–Trinajstić information content (AvgIpc) is 0.835. The number of carbonyl (C=O) groups excluding carboxylic acids is 6. The van der Waals surface area contributed by atoms with E-state index in [-0.39, 0.29) is 32.6 Å². The lowest BCUT2D eigenvalue weighted by atomic mass is 9.93. The summed E-state index contributed by atoms with van der Waals surface area (Å²) in [5.74, 6) is -5.79. The van der Waals surface area contributed by atoms with E-state index in [4.69, 9.17) is 74.5 Å². The molecule has 0 aliphatic heterocycles. The molecule has 0 aromatic heterocycles. The van der Waals surface area contributed by atoms with Gasteiger partial charge in [-0.2, -0.15) is 0 Å². The number of carboxylic acids is 2. The van der Waals surface area contributed by atoms with Crippen molar-refractivity contribution in [3.63, 3.8) is 0 Å². The van der Waals surface area contributed by atoms with E-state index in [2.05, 4.69) is 72.2 Å². The molecule has 0 bridgehead atoms. The molecule has 5 N–H and O–H groups in total. The van der Waals surface area contributed by atoms with Gasteiger partial charge in [0.15, 0.2) is 0 Å². The van der Waals surface area contributed by atoms with Crippen LogP contribution in [0.1, 0.15) is 318 Å². The van der Waals surface area contributed by atoms with E-state index >= 15 is 0 Å². The van der Waals surface area contributed by atoms with E-state index in [1.54, 1.807) is 0 Å². The summed E-state index contributed by atoms with van der Waals surface area (Å²) in [7, 11) is 0. The lowest BCUT2D eigenvalue weighted by molar-refractivity contribution is -0.168. The quantitative estimate of drug-likeness (QED) is 0.00719. The summed E-state index contributed by atoms with van der Waals surface area (Å²) in [4.78, 5) is 96.5. The van der Waals surface area contributed by atoms with Crippen LogP contribution in [0.15, 0.2) is 73.3 Å². The number of alkyl halides is 2. The van der Waals surface area contributed by atoms with Crippen molar-refractivity contribution >= 4 is 87.8 Å². The molecular formula is C82H145Cl3N2O18. The van der Waals surface area contributed by atoms with E-state index < -0.39 is 89.7 Å². The van der Waals surface area contributed by atoms with E-state index in [0.717, 1.165) is 56.1 Å². The summed E-state index contributed by atoms with van der Waals surface area (Å²) in [6, 6.07) is 4.04. The minimum Gasteiger partial charge on any atom is -0.481 e. The van der Waals surface area contributed by atoms with E-state index in [1.165, 1.54) is 271 Å². The number of allylic oxidation sites excluding steroid dienone is 1. The summed E-state index contributed by atoms with van der Waals surface area (Å²) >= 11 is 14.2. The number of esters is 5. The molecule has 0 heterocycles. The zero-order valence-electron chi connectivity index (χ0n) is 64.9. The van der Waals surface area contributed by atoms with Crippen LogP contribution in [0.3, 0.4) is 0 Å². The third-order valence-electron chi connectivity index (χ3n) is 17.3. The molecule has 0 amide bonds. The molecule has 2 fully saturated rings. The summed E-state index contributed by atoms with van der Waals surface area (Å²) in [5.41, 5.74) is -4.18. The second-order valence-electron chi connectivity index (χ2n) is 27.2. The third kappa shape index (κ3) is 75.4. The van der Waals surface area contributed by atoms with Gasteiger partial charge in [-0.05, 0) is 77.0 Å². The SMILES string of the molecule is C.C(=NC1CCCCC1)=NC1CCCCC1.C=CC(=O)Cl.C=CC(=O)OCC(C)(COC(=O)C=C)C(=O)O.C=CC(=O)OCC(C)(COC(=O)C=C)C(=O)OCCCCCCCCCCCCCCCCCCC.CC(CO)(CO)C(=O)O.CCCCCCCCCCCCCCCCCCO.ClCCl. The first kappa shape index (κ1) is 111. The van der Waals surface area contributed by atoms with Gasteiger partial charge in [0.1, 0.15) is 42.7 Å². The van der Waals surface area contributed by atoms with Gasteiger partial charge in [0.25, 0.3) is 0 Å². The number of aliphatic carboxylic acids is 2. The maximum Gasteiger partial charge on any atom is 0.330 e. The Kier molecular flexibility index (Phi) is 85.7. The summed E-state index contributed by atoms with van der Waals surface area (Å²) in [5, 5.41) is 42.5. The van der Waals surface area contributed by atoms with Crippen LogP contribution in [0, 0.1) is 16.2 Å². The molecule has 23 heteroatoms. The molecule has 0 radical (unpaired) electrons. The van der Waals surface area contributed by atoms with Crippen molar-refractivity contribution in [2.45, 2.75) is 330 Å². The lowest BCUT2D eigenvalue weighted by Crippen LogP contribution is -2.40. The van der Waals surface area contributed by atoms with Crippen LogP contribution < -0.4 is 0 Å². The number of hydrogen-bond donors (Lipinski definition) is 5. The van der Waals surface area contributed by atoms with Crippen molar-refractivity contribution in [3.05, 3.63) is 63.3 Å². The van der Waals surface area contributed by atoms with Crippen LogP contribution in [0.2, 0.25) is 0 Å². The largest absolute Gasteiger partial charge is 0.481 e. The minimum atomic E-state index is -1.50. The highest BCUT2D eigenvalue weighted by molar-refractivity contribution is 6.66. The number of hydrogen-bond acceptors (Lipinski definition) is 18. The van der Waals surface area contributed by atoms with Gasteiger partial charge in [-0.3, -0.25) is 19.2 Å². The predicted octanol–water partition coefficient (Wildman–Crippen LogP) is 20.3. The molecule has 0 aromatic rings. The highest BCUT2D eigenvalue weighted by Crippen LogP contribution is 2.25. The van der Waals surface area contributed by atoms with Gasteiger partial charge in [-0.25, -0.2) is 29.2 Å². The number of aliphatic imine (C=N–C) groups is 2. The van der Waals surface area contributed by atoms with Crippen molar-refractivity contribution < 1.29 is 87.6 Å². The first-order chi connectivity index (χ1) is 49.9. The highest BCUT2D eigenvalue weighted by atomic mass is 35.5. The summed E-state index contributed by atoms with van der Waals surface area (Å²) in [6.07, 6.45) is 62.1. The zero-order valence-corrected chi connectivity index (χ0v) is 67.2. The maximum absolute atomic E-state index is 12.6. The number of ether oxygens (including phenoxy) is 5. The number of halogens is 3. The number of carboxylic acid groups (broad SMARTS) is 2. The van der Waals surface area contributed by atoms with Gasteiger partial charge in [0.05, 0.1) is 43.3 Å². The molecule has 20 nitrogen and oxygen atoms in total. The van der Waals surface area contributed by atoms with E-state index in [0.29, 0.717) is 18.7 Å². The fourth-order valence-corrected chi connectivity index (χ4v) is 10.1. The molecule has 2 aliphatic rings.